The van der Waals surface area contributed by atoms with Gasteiger partial charge in [-0.1, -0.05) is 23.7 Å². The standard InChI is InChI=1S/C12H12ClNO2/c1-3-16-11(15)6-9-5-4-8(2)10(7-14)12(9)13/h4-5H,3,6H2,1-2H3. The number of esters is 1. The molecule has 16 heavy (non-hydrogen) atoms. The smallest absolute Gasteiger partial charge is 0.310 e. The summed E-state index contributed by atoms with van der Waals surface area (Å²) in [4.78, 5) is 11.3. The molecule has 0 amide bonds. The summed E-state index contributed by atoms with van der Waals surface area (Å²) in [6.07, 6.45) is 0.0988. The highest BCUT2D eigenvalue weighted by Gasteiger charge is 2.12. The molecular formula is C12H12ClNO2. The molecule has 0 fully saturated rings. The monoisotopic (exact) mass is 237 g/mol. The lowest BCUT2D eigenvalue weighted by Gasteiger charge is -2.07. The molecule has 0 aliphatic carbocycles. The van der Waals surface area contributed by atoms with Crippen molar-refractivity contribution in [1.29, 1.82) is 5.26 Å². The number of rotatable bonds is 3. The van der Waals surface area contributed by atoms with Crippen molar-refractivity contribution in [2.24, 2.45) is 0 Å². The minimum atomic E-state index is -0.336. The van der Waals surface area contributed by atoms with Crippen molar-refractivity contribution in [3.8, 4) is 6.07 Å². The third kappa shape index (κ3) is 2.74. The molecule has 1 rings (SSSR count). The van der Waals surface area contributed by atoms with Gasteiger partial charge in [0.25, 0.3) is 0 Å². The predicted molar refractivity (Wildman–Crippen MR) is 61.2 cm³/mol. The first-order chi connectivity index (χ1) is 7.60. The second-order valence-electron chi connectivity index (χ2n) is 3.32. The van der Waals surface area contributed by atoms with Gasteiger partial charge in [-0.2, -0.15) is 5.26 Å². The van der Waals surface area contributed by atoms with Crippen molar-refractivity contribution in [2.75, 3.05) is 6.61 Å². The Labute approximate surface area is 99.6 Å². The Morgan fingerprint density at radius 1 is 1.56 bits per heavy atom. The van der Waals surface area contributed by atoms with E-state index in [1.54, 1.807) is 26.0 Å². The van der Waals surface area contributed by atoms with Crippen LogP contribution in [0, 0.1) is 18.3 Å². The van der Waals surface area contributed by atoms with Crippen LogP contribution in [0.4, 0.5) is 0 Å². The molecule has 0 aromatic heterocycles. The number of benzene rings is 1. The molecule has 0 saturated carbocycles. The third-order valence-corrected chi connectivity index (χ3v) is 2.61. The zero-order valence-corrected chi connectivity index (χ0v) is 9.97. The Bertz CT molecular complexity index is 449. The third-order valence-electron chi connectivity index (χ3n) is 2.18. The molecule has 0 aliphatic heterocycles. The molecule has 1 aromatic rings. The fourth-order valence-corrected chi connectivity index (χ4v) is 1.68. The number of nitrogens with zero attached hydrogens (tertiary/aromatic N) is 1. The van der Waals surface area contributed by atoms with Crippen LogP contribution in [-0.4, -0.2) is 12.6 Å². The lowest BCUT2D eigenvalue weighted by molar-refractivity contribution is -0.142. The lowest BCUT2D eigenvalue weighted by atomic mass is 10.0. The van der Waals surface area contributed by atoms with Crippen LogP contribution in [-0.2, 0) is 16.0 Å². The fraction of sp³-hybridized carbons (Fsp3) is 0.333. The molecule has 84 valence electrons. The van der Waals surface area contributed by atoms with E-state index in [0.29, 0.717) is 22.8 Å². The quantitative estimate of drug-likeness (QED) is 0.760. The summed E-state index contributed by atoms with van der Waals surface area (Å²) in [6.45, 7) is 3.89. The summed E-state index contributed by atoms with van der Waals surface area (Å²) >= 11 is 6.03. The van der Waals surface area contributed by atoms with Crippen molar-refractivity contribution < 1.29 is 9.53 Å². The van der Waals surface area contributed by atoms with Crippen molar-refractivity contribution in [3.63, 3.8) is 0 Å². The largest absolute Gasteiger partial charge is 0.466 e. The molecule has 0 unspecified atom stereocenters. The number of aryl methyl sites for hydroxylation is 1. The van der Waals surface area contributed by atoms with Crippen LogP contribution >= 0.6 is 11.6 Å². The van der Waals surface area contributed by atoms with Gasteiger partial charge in [-0.15, -0.1) is 0 Å². The Morgan fingerprint density at radius 2 is 2.25 bits per heavy atom. The van der Waals surface area contributed by atoms with E-state index in [1.165, 1.54) is 0 Å². The van der Waals surface area contributed by atoms with Crippen LogP contribution in [0.25, 0.3) is 0 Å². The van der Waals surface area contributed by atoms with Gasteiger partial charge in [0.2, 0.25) is 0 Å². The van der Waals surface area contributed by atoms with E-state index in [-0.39, 0.29) is 12.4 Å². The number of nitriles is 1. The van der Waals surface area contributed by atoms with Crippen LogP contribution in [0.2, 0.25) is 5.02 Å². The minimum absolute atomic E-state index is 0.0988. The first-order valence-corrected chi connectivity index (χ1v) is 5.31. The normalized spacial score (nSPS) is 9.62. The van der Waals surface area contributed by atoms with E-state index in [4.69, 9.17) is 21.6 Å². The lowest BCUT2D eigenvalue weighted by Crippen LogP contribution is -2.08. The molecule has 1 aromatic carbocycles. The van der Waals surface area contributed by atoms with Crippen molar-refractivity contribution in [3.05, 3.63) is 33.8 Å². The maximum absolute atomic E-state index is 11.3. The molecule has 0 bridgehead atoms. The van der Waals surface area contributed by atoms with Gasteiger partial charge in [0.1, 0.15) is 6.07 Å². The molecule has 0 spiro atoms. The molecule has 0 saturated heterocycles. The van der Waals surface area contributed by atoms with Gasteiger partial charge in [0, 0.05) is 0 Å². The second-order valence-corrected chi connectivity index (χ2v) is 3.70. The Hall–Kier alpha value is -1.53. The molecule has 4 heteroatoms. The van der Waals surface area contributed by atoms with E-state index in [0.717, 1.165) is 5.56 Å². The Kier molecular flexibility index (Phi) is 4.33. The average molecular weight is 238 g/mol. The Balaban J connectivity index is 2.99. The molecule has 0 atom stereocenters. The summed E-state index contributed by atoms with van der Waals surface area (Å²) < 4.78 is 4.82. The number of ether oxygens (including phenoxy) is 1. The maximum atomic E-state index is 11.3. The van der Waals surface area contributed by atoms with E-state index in [9.17, 15) is 4.79 Å². The highest BCUT2D eigenvalue weighted by Crippen LogP contribution is 2.24. The maximum Gasteiger partial charge on any atom is 0.310 e. The number of hydrogen-bond donors (Lipinski definition) is 0. The number of carbonyl (C=O) groups is 1. The zero-order valence-electron chi connectivity index (χ0n) is 9.21. The van der Waals surface area contributed by atoms with E-state index in [1.807, 2.05) is 6.07 Å². The van der Waals surface area contributed by atoms with Crippen LogP contribution < -0.4 is 0 Å². The molecule has 0 N–H and O–H groups in total. The summed E-state index contributed by atoms with van der Waals surface area (Å²) in [7, 11) is 0. The first-order valence-electron chi connectivity index (χ1n) is 4.93. The first kappa shape index (κ1) is 12.5. The predicted octanol–water partition coefficient (Wildman–Crippen LogP) is 2.63. The van der Waals surface area contributed by atoms with Crippen LogP contribution in [0.5, 0.6) is 0 Å². The number of carbonyl (C=O) groups excluding carboxylic acids is 1. The van der Waals surface area contributed by atoms with Gasteiger partial charge >= 0.3 is 5.97 Å². The van der Waals surface area contributed by atoms with Crippen LogP contribution in [0.1, 0.15) is 23.6 Å². The van der Waals surface area contributed by atoms with Crippen LogP contribution in [0.3, 0.4) is 0 Å². The average Bonchev–Trinajstić information content (AvgIpc) is 2.23. The van der Waals surface area contributed by atoms with Crippen LogP contribution in [0.15, 0.2) is 12.1 Å². The van der Waals surface area contributed by atoms with Crippen molar-refractivity contribution in [2.45, 2.75) is 20.3 Å². The van der Waals surface area contributed by atoms with Gasteiger partial charge in [-0.25, -0.2) is 0 Å². The van der Waals surface area contributed by atoms with Crippen molar-refractivity contribution in [1.82, 2.24) is 0 Å². The zero-order chi connectivity index (χ0) is 12.1. The van der Waals surface area contributed by atoms with E-state index >= 15 is 0 Å². The van der Waals surface area contributed by atoms with Gasteiger partial charge in [0.05, 0.1) is 23.6 Å². The number of hydrogen-bond acceptors (Lipinski definition) is 3. The molecular weight excluding hydrogens is 226 g/mol. The molecule has 0 radical (unpaired) electrons. The topological polar surface area (TPSA) is 50.1 Å². The van der Waals surface area contributed by atoms with E-state index in [2.05, 4.69) is 0 Å². The van der Waals surface area contributed by atoms with Gasteiger partial charge in [-0.05, 0) is 25.0 Å². The number of halogens is 1. The van der Waals surface area contributed by atoms with Gasteiger partial charge < -0.3 is 4.74 Å². The Morgan fingerprint density at radius 3 is 2.81 bits per heavy atom. The summed E-state index contributed by atoms with van der Waals surface area (Å²) in [6, 6.07) is 5.55. The van der Waals surface area contributed by atoms with Crippen molar-refractivity contribution >= 4 is 17.6 Å². The fourth-order valence-electron chi connectivity index (χ4n) is 1.36. The SMILES string of the molecule is CCOC(=O)Cc1ccc(C)c(C#N)c1Cl. The second kappa shape index (κ2) is 5.53. The molecule has 0 aliphatic rings. The molecule has 0 heterocycles. The molecule has 3 nitrogen and oxygen atoms in total. The highest BCUT2D eigenvalue weighted by molar-refractivity contribution is 6.32. The van der Waals surface area contributed by atoms with Gasteiger partial charge in [-0.3, -0.25) is 4.79 Å². The minimum Gasteiger partial charge on any atom is -0.466 e. The van der Waals surface area contributed by atoms with Gasteiger partial charge in [0.15, 0.2) is 0 Å². The summed E-state index contributed by atoms with van der Waals surface area (Å²) in [5, 5.41) is 9.25. The van der Waals surface area contributed by atoms with E-state index < -0.39 is 0 Å². The summed E-state index contributed by atoms with van der Waals surface area (Å²) in [5.41, 5.74) is 1.85. The highest BCUT2D eigenvalue weighted by atomic mass is 35.5. The summed E-state index contributed by atoms with van der Waals surface area (Å²) in [5.74, 6) is -0.336.